The first kappa shape index (κ1) is 12.4. The zero-order valence-electron chi connectivity index (χ0n) is 11.4. The Morgan fingerprint density at radius 2 is 2.06 bits per heavy atom. The number of nitrogens with one attached hydrogen (secondary N) is 1. The molecule has 0 spiro atoms. The second-order valence-corrected chi connectivity index (χ2v) is 6.35. The van der Waals surface area contributed by atoms with Crippen LogP contribution in [-0.2, 0) is 0 Å². The van der Waals surface area contributed by atoms with Crippen LogP contribution >= 0.6 is 0 Å². The van der Waals surface area contributed by atoms with Gasteiger partial charge in [-0.25, -0.2) is 0 Å². The molecule has 0 amide bonds. The SMILES string of the molecule is CNC1CCN(CC2(C(C)C)CC2)C(C)C1. The van der Waals surface area contributed by atoms with Gasteiger partial charge in [0.1, 0.15) is 0 Å². The molecule has 1 heterocycles. The zero-order valence-corrected chi connectivity index (χ0v) is 11.4. The van der Waals surface area contributed by atoms with Crippen molar-refractivity contribution in [2.24, 2.45) is 11.3 Å². The van der Waals surface area contributed by atoms with Gasteiger partial charge >= 0.3 is 0 Å². The standard InChI is InChI=1S/C14H28N2/c1-11(2)14(6-7-14)10-16-8-5-13(15-4)9-12(16)3/h11-13,15H,5-10H2,1-4H3. The third-order valence-electron chi connectivity index (χ3n) is 5.06. The van der Waals surface area contributed by atoms with Crippen LogP contribution in [0.25, 0.3) is 0 Å². The van der Waals surface area contributed by atoms with Crippen molar-refractivity contribution >= 4 is 0 Å². The van der Waals surface area contributed by atoms with Crippen LogP contribution in [0, 0.1) is 11.3 Å². The first-order valence-corrected chi connectivity index (χ1v) is 6.99. The molecule has 1 N–H and O–H groups in total. The van der Waals surface area contributed by atoms with Gasteiger partial charge in [0.05, 0.1) is 0 Å². The lowest BCUT2D eigenvalue weighted by Gasteiger charge is -2.40. The minimum Gasteiger partial charge on any atom is -0.317 e. The summed E-state index contributed by atoms with van der Waals surface area (Å²) in [6.07, 6.45) is 5.58. The summed E-state index contributed by atoms with van der Waals surface area (Å²) in [5.41, 5.74) is 0.681. The zero-order chi connectivity index (χ0) is 11.8. The van der Waals surface area contributed by atoms with Gasteiger partial charge in [-0.15, -0.1) is 0 Å². The van der Waals surface area contributed by atoms with Crippen molar-refractivity contribution < 1.29 is 0 Å². The lowest BCUT2D eigenvalue weighted by atomic mass is 9.89. The Bertz CT molecular complexity index is 233. The molecule has 94 valence electrons. The van der Waals surface area contributed by atoms with Crippen LogP contribution in [0.2, 0.25) is 0 Å². The number of rotatable bonds is 4. The Kier molecular flexibility index (Phi) is 3.60. The van der Waals surface area contributed by atoms with Gasteiger partial charge in [0, 0.05) is 18.6 Å². The molecule has 0 aromatic carbocycles. The molecule has 1 aliphatic heterocycles. The maximum Gasteiger partial charge on any atom is 0.00910 e. The average molecular weight is 224 g/mol. The van der Waals surface area contributed by atoms with E-state index in [9.17, 15) is 0 Å². The van der Waals surface area contributed by atoms with Crippen molar-refractivity contribution in [1.29, 1.82) is 0 Å². The third kappa shape index (κ3) is 2.43. The van der Waals surface area contributed by atoms with Gasteiger partial charge in [0.2, 0.25) is 0 Å². The van der Waals surface area contributed by atoms with Crippen LogP contribution in [0.3, 0.4) is 0 Å². The van der Waals surface area contributed by atoms with E-state index in [-0.39, 0.29) is 0 Å². The Hall–Kier alpha value is -0.0800. The van der Waals surface area contributed by atoms with Gasteiger partial charge in [-0.2, -0.15) is 0 Å². The molecule has 2 aliphatic rings. The molecule has 2 unspecified atom stereocenters. The van der Waals surface area contributed by atoms with E-state index in [4.69, 9.17) is 0 Å². The van der Waals surface area contributed by atoms with Crippen molar-refractivity contribution in [3.63, 3.8) is 0 Å². The van der Waals surface area contributed by atoms with Gasteiger partial charge in [-0.1, -0.05) is 13.8 Å². The van der Waals surface area contributed by atoms with Gasteiger partial charge in [0.25, 0.3) is 0 Å². The predicted octanol–water partition coefficient (Wildman–Crippen LogP) is 2.49. The summed E-state index contributed by atoms with van der Waals surface area (Å²) < 4.78 is 0. The molecular weight excluding hydrogens is 196 g/mol. The Morgan fingerprint density at radius 3 is 2.50 bits per heavy atom. The maximum absolute atomic E-state index is 3.43. The Balaban J connectivity index is 1.87. The van der Waals surface area contributed by atoms with E-state index in [1.807, 2.05) is 0 Å². The Labute approximate surface area is 101 Å². The van der Waals surface area contributed by atoms with Crippen molar-refractivity contribution in [1.82, 2.24) is 10.2 Å². The number of likely N-dealkylation sites (tertiary alicyclic amines) is 1. The molecule has 2 nitrogen and oxygen atoms in total. The molecular formula is C14H28N2. The number of hydrogen-bond acceptors (Lipinski definition) is 2. The van der Waals surface area contributed by atoms with Crippen molar-refractivity contribution in [3.8, 4) is 0 Å². The highest BCUT2D eigenvalue weighted by atomic mass is 15.2. The van der Waals surface area contributed by atoms with E-state index in [0.717, 1.165) is 18.0 Å². The lowest BCUT2D eigenvalue weighted by molar-refractivity contribution is 0.0976. The monoisotopic (exact) mass is 224 g/mol. The Morgan fingerprint density at radius 1 is 1.38 bits per heavy atom. The fourth-order valence-electron chi connectivity index (χ4n) is 3.20. The van der Waals surface area contributed by atoms with E-state index in [0.29, 0.717) is 5.41 Å². The van der Waals surface area contributed by atoms with Crippen LogP contribution < -0.4 is 5.32 Å². The van der Waals surface area contributed by atoms with Crippen LogP contribution in [0.1, 0.15) is 46.5 Å². The summed E-state index contributed by atoms with van der Waals surface area (Å²) in [4.78, 5) is 2.74. The van der Waals surface area contributed by atoms with Gasteiger partial charge in [-0.05, 0) is 57.5 Å². The van der Waals surface area contributed by atoms with E-state index in [1.165, 1.54) is 38.8 Å². The van der Waals surface area contributed by atoms with Crippen molar-refractivity contribution in [2.75, 3.05) is 20.1 Å². The minimum atomic E-state index is 0.681. The first-order chi connectivity index (χ1) is 7.57. The fraction of sp³-hybridized carbons (Fsp3) is 1.00. The molecule has 1 saturated heterocycles. The van der Waals surface area contributed by atoms with E-state index < -0.39 is 0 Å². The summed E-state index contributed by atoms with van der Waals surface area (Å²) >= 11 is 0. The molecule has 2 rings (SSSR count). The van der Waals surface area contributed by atoms with E-state index in [1.54, 1.807) is 0 Å². The molecule has 0 bridgehead atoms. The third-order valence-corrected chi connectivity index (χ3v) is 5.06. The summed E-state index contributed by atoms with van der Waals surface area (Å²) in [5.74, 6) is 0.863. The molecule has 2 fully saturated rings. The second kappa shape index (κ2) is 4.66. The highest BCUT2D eigenvalue weighted by Crippen LogP contribution is 2.52. The summed E-state index contributed by atoms with van der Waals surface area (Å²) in [6.45, 7) is 9.85. The van der Waals surface area contributed by atoms with E-state index >= 15 is 0 Å². The molecule has 2 heteroatoms. The minimum absolute atomic E-state index is 0.681. The molecule has 2 atom stereocenters. The normalized spacial score (nSPS) is 34.3. The topological polar surface area (TPSA) is 15.3 Å². The number of nitrogens with zero attached hydrogens (tertiary/aromatic N) is 1. The van der Waals surface area contributed by atoms with Crippen molar-refractivity contribution in [2.45, 2.75) is 58.5 Å². The highest BCUT2D eigenvalue weighted by Gasteiger charge is 2.47. The van der Waals surface area contributed by atoms with Crippen LogP contribution in [0.15, 0.2) is 0 Å². The summed E-state index contributed by atoms with van der Waals surface area (Å²) in [5, 5.41) is 3.43. The van der Waals surface area contributed by atoms with Gasteiger partial charge < -0.3 is 5.32 Å². The molecule has 0 aromatic rings. The quantitative estimate of drug-likeness (QED) is 0.789. The fourth-order valence-corrected chi connectivity index (χ4v) is 3.20. The summed E-state index contributed by atoms with van der Waals surface area (Å²) in [6, 6.07) is 1.52. The predicted molar refractivity (Wildman–Crippen MR) is 69.6 cm³/mol. The summed E-state index contributed by atoms with van der Waals surface area (Å²) in [7, 11) is 2.10. The molecule has 1 saturated carbocycles. The van der Waals surface area contributed by atoms with Crippen LogP contribution in [0.4, 0.5) is 0 Å². The molecule has 0 radical (unpaired) electrons. The first-order valence-electron chi connectivity index (χ1n) is 6.99. The molecule has 16 heavy (non-hydrogen) atoms. The highest BCUT2D eigenvalue weighted by molar-refractivity contribution is 4.99. The molecule has 0 aromatic heterocycles. The molecule has 1 aliphatic carbocycles. The lowest BCUT2D eigenvalue weighted by Crippen LogP contribution is -2.48. The smallest absolute Gasteiger partial charge is 0.00910 e. The maximum atomic E-state index is 3.43. The second-order valence-electron chi connectivity index (χ2n) is 6.35. The number of piperidine rings is 1. The number of hydrogen-bond donors (Lipinski definition) is 1. The largest absolute Gasteiger partial charge is 0.317 e. The van der Waals surface area contributed by atoms with Crippen molar-refractivity contribution in [3.05, 3.63) is 0 Å². The van der Waals surface area contributed by atoms with Crippen LogP contribution in [0.5, 0.6) is 0 Å². The van der Waals surface area contributed by atoms with Gasteiger partial charge in [0.15, 0.2) is 0 Å². The van der Waals surface area contributed by atoms with E-state index in [2.05, 4.69) is 38.0 Å². The van der Waals surface area contributed by atoms with Crippen LogP contribution in [-0.4, -0.2) is 37.1 Å². The average Bonchev–Trinajstić information content (AvgIpc) is 3.02. The van der Waals surface area contributed by atoms with Gasteiger partial charge in [-0.3, -0.25) is 4.90 Å².